The van der Waals surface area contributed by atoms with E-state index in [1.54, 1.807) is 0 Å². The van der Waals surface area contributed by atoms with Gasteiger partial charge < -0.3 is 5.32 Å². The summed E-state index contributed by atoms with van der Waals surface area (Å²) in [5, 5.41) is 13.0. The molecule has 2 N–H and O–H groups in total. The molecule has 0 bridgehead atoms. The summed E-state index contributed by atoms with van der Waals surface area (Å²) in [5.41, 5.74) is 4.00. The Balaban J connectivity index is 2.05. The molecule has 0 atom stereocenters. The summed E-state index contributed by atoms with van der Waals surface area (Å²) in [5.74, 6) is 0. The fraction of sp³-hybridized carbons (Fsp3) is 0.300. The van der Waals surface area contributed by atoms with Gasteiger partial charge in [0, 0.05) is 36.1 Å². The highest BCUT2D eigenvalue weighted by Gasteiger charge is 2.19. The third-order valence-corrected chi connectivity index (χ3v) is 3.44. The van der Waals surface area contributed by atoms with Gasteiger partial charge >= 0.3 is 0 Å². The van der Waals surface area contributed by atoms with Crippen LogP contribution in [0.15, 0.2) is 5.38 Å². The van der Waals surface area contributed by atoms with Crippen LogP contribution in [0.4, 0.5) is 0 Å². The molecule has 1 aliphatic rings. The van der Waals surface area contributed by atoms with Crippen LogP contribution >= 0.6 is 11.3 Å². The Kier molecular flexibility index (Phi) is 2.30. The highest BCUT2D eigenvalue weighted by molar-refractivity contribution is 7.11. The molecule has 0 aliphatic carbocycles. The van der Waals surface area contributed by atoms with E-state index in [0.717, 1.165) is 37.2 Å². The summed E-state index contributed by atoms with van der Waals surface area (Å²) in [6.45, 7) is 1.79. The lowest BCUT2D eigenvalue weighted by Gasteiger charge is -2.12. The molecule has 3 rings (SSSR count). The minimum Gasteiger partial charge on any atom is -0.312 e. The molecule has 2 aromatic heterocycles. The van der Waals surface area contributed by atoms with Crippen molar-refractivity contribution in [1.29, 1.82) is 0 Å². The Bertz CT molecular complexity index is 531. The fourth-order valence-electron chi connectivity index (χ4n) is 1.89. The lowest BCUT2D eigenvalue weighted by Crippen LogP contribution is -2.23. The first-order chi connectivity index (χ1) is 7.88. The number of nitrogens with one attached hydrogen (secondary N) is 2. The van der Waals surface area contributed by atoms with Crippen LogP contribution in [-0.2, 0) is 13.0 Å². The minimum absolute atomic E-state index is 0.496. The smallest absolute Gasteiger partial charge is 0.178 e. The van der Waals surface area contributed by atoms with E-state index in [9.17, 15) is 4.79 Å². The van der Waals surface area contributed by atoms with E-state index in [2.05, 4.69) is 20.5 Å². The van der Waals surface area contributed by atoms with Crippen molar-refractivity contribution in [3.63, 3.8) is 0 Å². The van der Waals surface area contributed by atoms with Crippen molar-refractivity contribution in [2.24, 2.45) is 0 Å². The van der Waals surface area contributed by atoms with E-state index < -0.39 is 0 Å². The normalized spacial score (nSPS) is 14.8. The van der Waals surface area contributed by atoms with Gasteiger partial charge in [-0.3, -0.25) is 9.89 Å². The van der Waals surface area contributed by atoms with Crippen molar-refractivity contribution in [3.05, 3.63) is 21.6 Å². The van der Waals surface area contributed by atoms with Gasteiger partial charge in [0.1, 0.15) is 11.4 Å². The van der Waals surface area contributed by atoms with Crippen molar-refractivity contribution >= 4 is 17.6 Å². The number of thiazole rings is 1. The number of hydrogen-bond donors (Lipinski definition) is 2. The number of rotatable bonds is 2. The number of carbonyl (C=O) groups is 1. The number of nitrogens with zero attached hydrogens (tertiary/aromatic N) is 2. The van der Waals surface area contributed by atoms with Crippen molar-refractivity contribution in [2.45, 2.75) is 13.0 Å². The summed E-state index contributed by atoms with van der Waals surface area (Å²) in [6, 6.07) is 0. The Morgan fingerprint density at radius 2 is 2.44 bits per heavy atom. The van der Waals surface area contributed by atoms with Crippen LogP contribution in [-0.4, -0.2) is 28.0 Å². The van der Waals surface area contributed by atoms with E-state index in [-0.39, 0.29) is 0 Å². The van der Waals surface area contributed by atoms with Gasteiger partial charge in [0.05, 0.1) is 0 Å². The standard InChI is InChI=1S/C10H10N4OS/c15-4-9-12-8(5-16-9)10-6-3-11-2-1-7(6)13-14-10/h4-5,11H,1-3H2,(H,13,14). The molecule has 0 saturated carbocycles. The van der Waals surface area contributed by atoms with Gasteiger partial charge in [-0.05, 0) is 0 Å². The average molecular weight is 234 g/mol. The molecule has 6 heteroatoms. The quantitative estimate of drug-likeness (QED) is 0.760. The molecule has 0 aromatic carbocycles. The average Bonchev–Trinajstić information content (AvgIpc) is 2.94. The second-order valence-corrected chi connectivity index (χ2v) is 4.53. The zero-order chi connectivity index (χ0) is 11.0. The van der Waals surface area contributed by atoms with E-state index in [0.29, 0.717) is 5.01 Å². The van der Waals surface area contributed by atoms with Crippen molar-refractivity contribution in [3.8, 4) is 11.4 Å². The highest BCUT2D eigenvalue weighted by Crippen LogP contribution is 2.26. The monoisotopic (exact) mass is 234 g/mol. The van der Waals surface area contributed by atoms with Gasteiger partial charge in [0.25, 0.3) is 0 Å². The molecule has 0 amide bonds. The number of H-pyrrole nitrogens is 1. The van der Waals surface area contributed by atoms with Gasteiger partial charge in [0.15, 0.2) is 11.3 Å². The second kappa shape index (κ2) is 3.80. The highest BCUT2D eigenvalue weighted by atomic mass is 32.1. The van der Waals surface area contributed by atoms with E-state index in [1.807, 2.05) is 5.38 Å². The molecule has 5 nitrogen and oxygen atoms in total. The molecule has 2 aromatic rings. The Labute approximate surface area is 95.9 Å². The van der Waals surface area contributed by atoms with Crippen LogP contribution in [0.3, 0.4) is 0 Å². The first kappa shape index (κ1) is 9.68. The van der Waals surface area contributed by atoms with Crippen LogP contribution in [0.2, 0.25) is 0 Å². The van der Waals surface area contributed by atoms with Gasteiger partial charge in [-0.1, -0.05) is 0 Å². The molecule has 0 spiro atoms. The molecule has 0 unspecified atom stereocenters. The number of aromatic nitrogens is 3. The summed E-state index contributed by atoms with van der Waals surface area (Å²) in [4.78, 5) is 14.8. The van der Waals surface area contributed by atoms with Gasteiger partial charge in [0.2, 0.25) is 0 Å². The molecule has 0 radical (unpaired) electrons. The maximum absolute atomic E-state index is 10.6. The topological polar surface area (TPSA) is 70.7 Å². The van der Waals surface area contributed by atoms with Crippen LogP contribution in [0, 0.1) is 0 Å². The maximum atomic E-state index is 10.6. The summed E-state index contributed by atoms with van der Waals surface area (Å²) in [7, 11) is 0. The van der Waals surface area contributed by atoms with Gasteiger partial charge in [-0.15, -0.1) is 11.3 Å². The number of hydrogen-bond acceptors (Lipinski definition) is 5. The van der Waals surface area contributed by atoms with Crippen molar-refractivity contribution in [1.82, 2.24) is 20.5 Å². The molecule has 0 fully saturated rings. The third kappa shape index (κ3) is 1.46. The number of carbonyl (C=O) groups excluding carboxylic acids is 1. The van der Waals surface area contributed by atoms with Crippen molar-refractivity contribution in [2.75, 3.05) is 6.54 Å². The summed E-state index contributed by atoms with van der Waals surface area (Å²) < 4.78 is 0. The Morgan fingerprint density at radius 1 is 1.50 bits per heavy atom. The SMILES string of the molecule is O=Cc1nc(-c2n[nH]c3c2CNCC3)cs1. The number of aldehydes is 1. The van der Waals surface area contributed by atoms with Crippen molar-refractivity contribution < 1.29 is 4.79 Å². The molecule has 0 saturated heterocycles. The van der Waals surface area contributed by atoms with E-state index in [1.165, 1.54) is 22.6 Å². The predicted octanol–water partition coefficient (Wildman–Crippen LogP) is 0.991. The molecule has 3 heterocycles. The first-order valence-electron chi connectivity index (χ1n) is 5.06. The zero-order valence-corrected chi connectivity index (χ0v) is 9.30. The zero-order valence-electron chi connectivity index (χ0n) is 8.49. The molecular weight excluding hydrogens is 224 g/mol. The number of fused-ring (bicyclic) bond motifs is 1. The minimum atomic E-state index is 0.496. The fourth-order valence-corrected chi connectivity index (χ4v) is 2.49. The largest absolute Gasteiger partial charge is 0.312 e. The third-order valence-electron chi connectivity index (χ3n) is 2.67. The van der Waals surface area contributed by atoms with Gasteiger partial charge in [-0.25, -0.2) is 4.98 Å². The Morgan fingerprint density at radius 3 is 3.25 bits per heavy atom. The summed E-state index contributed by atoms with van der Waals surface area (Å²) in [6.07, 6.45) is 1.73. The molecule has 82 valence electrons. The lowest BCUT2D eigenvalue weighted by molar-refractivity contribution is 0.112. The molecule has 16 heavy (non-hydrogen) atoms. The number of aromatic amines is 1. The van der Waals surface area contributed by atoms with E-state index in [4.69, 9.17) is 0 Å². The van der Waals surface area contributed by atoms with Crippen LogP contribution in [0.1, 0.15) is 21.1 Å². The molecular formula is C10H10N4OS. The lowest BCUT2D eigenvalue weighted by atomic mass is 10.1. The van der Waals surface area contributed by atoms with Crippen LogP contribution in [0.25, 0.3) is 11.4 Å². The predicted molar refractivity (Wildman–Crippen MR) is 60.5 cm³/mol. The second-order valence-electron chi connectivity index (χ2n) is 3.64. The summed E-state index contributed by atoms with van der Waals surface area (Å²) >= 11 is 1.34. The first-order valence-corrected chi connectivity index (χ1v) is 5.94. The Hall–Kier alpha value is -1.53. The van der Waals surface area contributed by atoms with Crippen LogP contribution < -0.4 is 5.32 Å². The molecule has 1 aliphatic heterocycles. The maximum Gasteiger partial charge on any atom is 0.178 e. The van der Waals surface area contributed by atoms with Gasteiger partial charge in [-0.2, -0.15) is 5.10 Å². The van der Waals surface area contributed by atoms with Crippen LogP contribution in [0.5, 0.6) is 0 Å². The van der Waals surface area contributed by atoms with E-state index >= 15 is 0 Å².